The zero-order valence-corrected chi connectivity index (χ0v) is 10.0. The van der Waals surface area contributed by atoms with Crippen molar-refractivity contribution in [1.29, 1.82) is 0 Å². The Labute approximate surface area is 98.2 Å². The first-order valence-corrected chi connectivity index (χ1v) is 5.88. The SMILES string of the molecule is CNC(c1cnc(C)s1)c1ccccc1F. The van der Waals surface area contributed by atoms with Crippen molar-refractivity contribution >= 4 is 11.3 Å². The Hall–Kier alpha value is -1.26. The largest absolute Gasteiger partial charge is 0.309 e. The lowest BCUT2D eigenvalue weighted by molar-refractivity contribution is 0.579. The summed E-state index contributed by atoms with van der Waals surface area (Å²) in [5.74, 6) is -0.187. The maximum Gasteiger partial charge on any atom is 0.128 e. The summed E-state index contributed by atoms with van der Waals surface area (Å²) >= 11 is 1.58. The Morgan fingerprint density at radius 2 is 2.12 bits per heavy atom. The van der Waals surface area contributed by atoms with Crippen LogP contribution >= 0.6 is 11.3 Å². The van der Waals surface area contributed by atoms with Crippen molar-refractivity contribution in [2.24, 2.45) is 0 Å². The molecular formula is C12H13FN2S. The van der Waals surface area contributed by atoms with Gasteiger partial charge in [0, 0.05) is 16.6 Å². The molecule has 1 N–H and O–H groups in total. The van der Waals surface area contributed by atoms with E-state index < -0.39 is 0 Å². The predicted molar refractivity (Wildman–Crippen MR) is 64.2 cm³/mol. The van der Waals surface area contributed by atoms with E-state index in [9.17, 15) is 4.39 Å². The van der Waals surface area contributed by atoms with E-state index >= 15 is 0 Å². The Morgan fingerprint density at radius 1 is 1.38 bits per heavy atom. The molecule has 1 atom stereocenters. The topological polar surface area (TPSA) is 24.9 Å². The van der Waals surface area contributed by atoms with Gasteiger partial charge in [0.05, 0.1) is 11.0 Å². The molecule has 16 heavy (non-hydrogen) atoms. The minimum absolute atomic E-state index is 0.118. The molecule has 0 amide bonds. The van der Waals surface area contributed by atoms with Crippen LogP contribution in [-0.4, -0.2) is 12.0 Å². The molecule has 1 aromatic carbocycles. The molecular weight excluding hydrogens is 223 g/mol. The van der Waals surface area contributed by atoms with Crippen LogP contribution in [0.25, 0.3) is 0 Å². The van der Waals surface area contributed by atoms with Gasteiger partial charge >= 0.3 is 0 Å². The Morgan fingerprint density at radius 3 is 2.69 bits per heavy atom. The third kappa shape index (κ3) is 2.13. The number of nitrogens with one attached hydrogen (secondary N) is 1. The van der Waals surface area contributed by atoms with Crippen molar-refractivity contribution in [3.63, 3.8) is 0 Å². The van der Waals surface area contributed by atoms with E-state index in [0.717, 1.165) is 9.88 Å². The minimum Gasteiger partial charge on any atom is -0.309 e. The highest BCUT2D eigenvalue weighted by Crippen LogP contribution is 2.27. The van der Waals surface area contributed by atoms with Gasteiger partial charge in [-0.15, -0.1) is 11.3 Å². The summed E-state index contributed by atoms with van der Waals surface area (Å²) in [7, 11) is 1.83. The van der Waals surface area contributed by atoms with Gasteiger partial charge in [0.25, 0.3) is 0 Å². The molecule has 1 unspecified atom stereocenters. The first-order valence-electron chi connectivity index (χ1n) is 5.06. The molecule has 1 heterocycles. The van der Waals surface area contributed by atoms with Crippen molar-refractivity contribution in [1.82, 2.24) is 10.3 Å². The number of nitrogens with zero attached hydrogens (tertiary/aromatic N) is 1. The summed E-state index contributed by atoms with van der Waals surface area (Å²) in [6.45, 7) is 1.95. The summed E-state index contributed by atoms with van der Waals surface area (Å²) in [5.41, 5.74) is 0.661. The van der Waals surface area contributed by atoms with Crippen LogP contribution in [-0.2, 0) is 0 Å². The molecule has 0 saturated carbocycles. The monoisotopic (exact) mass is 236 g/mol. The maximum absolute atomic E-state index is 13.7. The highest BCUT2D eigenvalue weighted by Gasteiger charge is 2.17. The van der Waals surface area contributed by atoms with Gasteiger partial charge in [0.2, 0.25) is 0 Å². The van der Waals surface area contributed by atoms with Gasteiger partial charge in [0.15, 0.2) is 0 Å². The van der Waals surface area contributed by atoms with Crippen molar-refractivity contribution in [2.45, 2.75) is 13.0 Å². The predicted octanol–water partition coefficient (Wildman–Crippen LogP) is 2.90. The summed E-state index contributed by atoms with van der Waals surface area (Å²) in [6, 6.07) is 6.70. The number of hydrogen-bond acceptors (Lipinski definition) is 3. The Bertz CT molecular complexity index is 481. The zero-order valence-electron chi connectivity index (χ0n) is 9.20. The fraction of sp³-hybridized carbons (Fsp3) is 0.250. The summed E-state index contributed by atoms with van der Waals surface area (Å²) < 4.78 is 13.7. The zero-order chi connectivity index (χ0) is 11.5. The number of benzene rings is 1. The third-order valence-electron chi connectivity index (χ3n) is 2.43. The number of halogens is 1. The van der Waals surface area contributed by atoms with E-state index in [-0.39, 0.29) is 11.9 Å². The molecule has 0 aliphatic carbocycles. The minimum atomic E-state index is -0.187. The van der Waals surface area contributed by atoms with Crippen LogP contribution in [0.15, 0.2) is 30.5 Å². The molecule has 1 aromatic heterocycles. The average Bonchev–Trinajstić information content (AvgIpc) is 2.69. The molecule has 0 fully saturated rings. The number of rotatable bonds is 3. The molecule has 2 nitrogen and oxygen atoms in total. The van der Waals surface area contributed by atoms with E-state index in [1.165, 1.54) is 6.07 Å². The second-order valence-corrected chi connectivity index (χ2v) is 4.79. The van der Waals surface area contributed by atoms with Crippen molar-refractivity contribution in [2.75, 3.05) is 7.05 Å². The van der Waals surface area contributed by atoms with Crippen molar-refractivity contribution < 1.29 is 4.39 Å². The van der Waals surface area contributed by atoms with Crippen LogP contribution in [0.3, 0.4) is 0 Å². The first kappa shape index (κ1) is 11.2. The molecule has 0 bridgehead atoms. The van der Waals surface area contributed by atoms with E-state index in [4.69, 9.17) is 0 Å². The van der Waals surface area contributed by atoms with Crippen molar-refractivity contribution in [3.05, 3.63) is 51.7 Å². The van der Waals surface area contributed by atoms with Gasteiger partial charge in [-0.05, 0) is 20.0 Å². The van der Waals surface area contributed by atoms with Gasteiger partial charge in [-0.25, -0.2) is 9.37 Å². The molecule has 84 valence electrons. The second-order valence-electron chi connectivity index (χ2n) is 3.52. The molecule has 2 rings (SSSR count). The lowest BCUT2D eigenvalue weighted by atomic mass is 10.1. The molecule has 0 aliphatic rings. The molecule has 4 heteroatoms. The summed E-state index contributed by atoms with van der Waals surface area (Å²) in [6.07, 6.45) is 1.80. The Kier molecular flexibility index (Phi) is 3.31. The number of thiazole rings is 1. The quantitative estimate of drug-likeness (QED) is 0.886. The van der Waals surface area contributed by atoms with Gasteiger partial charge < -0.3 is 5.32 Å². The second kappa shape index (κ2) is 4.72. The van der Waals surface area contributed by atoms with E-state index in [1.54, 1.807) is 29.7 Å². The number of hydrogen-bond donors (Lipinski definition) is 1. The fourth-order valence-corrected chi connectivity index (χ4v) is 2.59. The summed E-state index contributed by atoms with van der Waals surface area (Å²) in [5, 5.41) is 4.11. The normalized spacial score (nSPS) is 12.7. The molecule has 0 saturated heterocycles. The Balaban J connectivity index is 2.40. The van der Waals surface area contributed by atoms with Crippen molar-refractivity contribution in [3.8, 4) is 0 Å². The standard InChI is InChI=1S/C12H13FN2S/c1-8-15-7-11(16-8)12(14-2)9-5-3-4-6-10(9)13/h3-7,12,14H,1-2H3. The lowest BCUT2D eigenvalue weighted by Gasteiger charge is -2.15. The van der Waals surface area contributed by atoms with Crippen LogP contribution in [0, 0.1) is 12.7 Å². The van der Waals surface area contributed by atoms with Crippen LogP contribution in [0.2, 0.25) is 0 Å². The highest BCUT2D eigenvalue weighted by atomic mass is 32.1. The van der Waals surface area contributed by atoms with Gasteiger partial charge in [-0.2, -0.15) is 0 Å². The van der Waals surface area contributed by atoms with Crippen LogP contribution in [0.4, 0.5) is 4.39 Å². The van der Waals surface area contributed by atoms with E-state index in [2.05, 4.69) is 10.3 Å². The fourth-order valence-electron chi connectivity index (χ4n) is 1.67. The van der Waals surface area contributed by atoms with E-state index in [0.29, 0.717) is 5.56 Å². The smallest absolute Gasteiger partial charge is 0.128 e. The van der Waals surface area contributed by atoms with Gasteiger partial charge in [0.1, 0.15) is 5.82 Å². The number of aryl methyl sites for hydroxylation is 1. The third-order valence-corrected chi connectivity index (χ3v) is 3.41. The van der Waals surface area contributed by atoms with E-state index in [1.807, 2.05) is 20.0 Å². The number of aromatic nitrogens is 1. The van der Waals surface area contributed by atoms with Gasteiger partial charge in [-0.3, -0.25) is 0 Å². The van der Waals surface area contributed by atoms with Crippen LogP contribution < -0.4 is 5.32 Å². The molecule has 0 spiro atoms. The van der Waals surface area contributed by atoms with Crippen LogP contribution in [0.5, 0.6) is 0 Å². The lowest BCUT2D eigenvalue weighted by Crippen LogP contribution is -2.17. The summed E-state index contributed by atoms with van der Waals surface area (Å²) in [4.78, 5) is 5.23. The van der Waals surface area contributed by atoms with Crippen LogP contribution in [0.1, 0.15) is 21.5 Å². The molecule has 2 aromatic rings. The van der Waals surface area contributed by atoms with Gasteiger partial charge in [-0.1, -0.05) is 18.2 Å². The molecule has 0 radical (unpaired) electrons. The maximum atomic E-state index is 13.7. The average molecular weight is 236 g/mol. The molecule has 0 aliphatic heterocycles. The first-order chi connectivity index (χ1) is 7.72. The highest BCUT2D eigenvalue weighted by molar-refractivity contribution is 7.11.